The van der Waals surface area contributed by atoms with Gasteiger partial charge in [0.25, 0.3) is 5.69 Å². The zero-order valence-electron chi connectivity index (χ0n) is 12.0. The van der Waals surface area contributed by atoms with Crippen LogP contribution in [0.2, 0.25) is 0 Å². The van der Waals surface area contributed by atoms with E-state index in [1.807, 2.05) is 0 Å². The number of methoxy groups -OCH3 is 1. The van der Waals surface area contributed by atoms with E-state index >= 15 is 0 Å². The Morgan fingerprint density at radius 2 is 2.00 bits per heavy atom. The van der Waals surface area contributed by atoms with Gasteiger partial charge in [-0.05, 0) is 18.1 Å². The Kier molecular flexibility index (Phi) is 5.23. The maximum absolute atomic E-state index is 11.7. The Bertz CT molecular complexity index is 571. The van der Waals surface area contributed by atoms with Gasteiger partial charge in [0.05, 0.1) is 12.0 Å². The van der Waals surface area contributed by atoms with Crippen molar-refractivity contribution >= 4 is 23.3 Å². The molecule has 0 aliphatic carbocycles. The van der Waals surface area contributed by atoms with E-state index in [9.17, 15) is 19.7 Å². The molecule has 0 saturated heterocycles. The SMILES string of the molecule is COC(=O)C(Nc1ccc(C(N)=O)cc1[N+](=O)[O-])C(C)C. The third kappa shape index (κ3) is 3.91. The fourth-order valence-corrected chi connectivity index (χ4v) is 1.75. The first-order chi connectivity index (χ1) is 9.77. The van der Waals surface area contributed by atoms with Crippen LogP contribution in [0.15, 0.2) is 18.2 Å². The lowest BCUT2D eigenvalue weighted by Crippen LogP contribution is -2.35. The van der Waals surface area contributed by atoms with E-state index in [0.717, 1.165) is 6.07 Å². The molecule has 0 spiro atoms. The topological polar surface area (TPSA) is 125 Å². The molecule has 114 valence electrons. The number of nitrogens with zero attached hydrogens (tertiary/aromatic N) is 1. The summed E-state index contributed by atoms with van der Waals surface area (Å²) in [5.74, 6) is -1.44. The van der Waals surface area contributed by atoms with Gasteiger partial charge in [-0.1, -0.05) is 13.8 Å². The van der Waals surface area contributed by atoms with Gasteiger partial charge in [0.15, 0.2) is 0 Å². The van der Waals surface area contributed by atoms with Gasteiger partial charge in [-0.15, -0.1) is 0 Å². The molecule has 0 fully saturated rings. The quantitative estimate of drug-likeness (QED) is 0.463. The molecule has 0 heterocycles. The summed E-state index contributed by atoms with van der Waals surface area (Å²) in [7, 11) is 1.24. The molecular weight excluding hydrogens is 278 g/mol. The standard InChI is InChI=1S/C13H17N3O5/c1-7(2)11(13(18)21-3)15-9-5-4-8(12(14)17)6-10(9)16(19)20/h4-7,11,15H,1-3H3,(H2,14,17). The first-order valence-electron chi connectivity index (χ1n) is 6.20. The van der Waals surface area contributed by atoms with Gasteiger partial charge in [-0.2, -0.15) is 0 Å². The molecule has 0 saturated carbocycles. The molecule has 1 unspecified atom stereocenters. The highest BCUT2D eigenvalue weighted by atomic mass is 16.6. The second-order valence-electron chi connectivity index (χ2n) is 4.74. The number of carbonyl (C=O) groups excluding carboxylic acids is 2. The number of carbonyl (C=O) groups is 2. The number of hydrogen-bond donors (Lipinski definition) is 2. The van der Waals surface area contributed by atoms with Gasteiger partial charge in [-0.3, -0.25) is 14.9 Å². The first-order valence-corrected chi connectivity index (χ1v) is 6.20. The van der Waals surface area contributed by atoms with Crippen molar-refractivity contribution in [2.75, 3.05) is 12.4 Å². The molecule has 8 nitrogen and oxygen atoms in total. The molecule has 0 radical (unpaired) electrons. The number of nitrogens with two attached hydrogens (primary N) is 1. The molecule has 8 heteroatoms. The lowest BCUT2D eigenvalue weighted by Gasteiger charge is -2.20. The third-order valence-corrected chi connectivity index (χ3v) is 2.91. The van der Waals surface area contributed by atoms with Gasteiger partial charge in [0.1, 0.15) is 11.7 Å². The summed E-state index contributed by atoms with van der Waals surface area (Å²) in [6.07, 6.45) is 0. The molecule has 1 atom stereocenters. The van der Waals surface area contributed by atoms with Crippen molar-refractivity contribution < 1.29 is 19.2 Å². The summed E-state index contributed by atoms with van der Waals surface area (Å²) in [5.41, 5.74) is 4.90. The zero-order chi connectivity index (χ0) is 16.2. The van der Waals surface area contributed by atoms with Crippen LogP contribution in [-0.2, 0) is 9.53 Å². The maximum atomic E-state index is 11.7. The fraction of sp³-hybridized carbons (Fsp3) is 0.385. The first kappa shape index (κ1) is 16.4. The average molecular weight is 295 g/mol. The van der Waals surface area contributed by atoms with Gasteiger partial charge in [0.2, 0.25) is 5.91 Å². The summed E-state index contributed by atoms with van der Waals surface area (Å²) < 4.78 is 4.66. The molecule has 21 heavy (non-hydrogen) atoms. The maximum Gasteiger partial charge on any atom is 0.328 e. The van der Waals surface area contributed by atoms with E-state index in [4.69, 9.17) is 5.73 Å². The Morgan fingerprint density at radius 1 is 1.38 bits per heavy atom. The smallest absolute Gasteiger partial charge is 0.328 e. The number of ether oxygens (including phenoxy) is 1. The number of primary amides is 1. The fourth-order valence-electron chi connectivity index (χ4n) is 1.75. The second-order valence-corrected chi connectivity index (χ2v) is 4.74. The van der Waals surface area contributed by atoms with E-state index < -0.39 is 22.8 Å². The van der Waals surface area contributed by atoms with Crippen molar-refractivity contribution in [3.63, 3.8) is 0 Å². The molecule has 0 aliphatic rings. The van der Waals surface area contributed by atoms with Crippen molar-refractivity contribution in [2.24, 2.45) is 11.7 Å². The highest BCUT2D eigenvalue weighted by Crippen LogP contribution is 2.27. The van der Waals surface area contributed by atoms with Gasteiger partial charge in [0, 0.05) is 11.6 Å². The van der Waals surface area contributed by atoms with Crippen LogP contribution in [0.1, 0.15) is 24.2 Å². The molecular formula is C13H17N3O5. The minimum Gasteiger partial charge on any atom is -0.467 e. The number of hydrogen-bond acceptors (Lipinski definition) is 6. The van der Waals surface area contributed by atoms with Crippen molar-refractivity contribution in [1.29, 1.82) is 0 Å². The average Bonchev–Trinajstić information content (AvgIpc) is 2.43. The van der Waals surface area contributed by atoms with Gasteiger partial charge >= 0.3 is 5.97 Å². The van der Waals surface area contributed by atoms with Crippen LogP contribution in [-0.4, -0.2) is 30.0 Å². The van der Waals surface area contributed by atoms with Crippen LogP contribution in [0, 0.1) is 16.0 Å². The van der Waals surface area contributed by atoms with Crippen molar-refractivity contribution in [3.8, 4) is 0 Å². The number of anilines is 1. The number of benzene rings is 1. The lowest BCUT2D eigenvalue weighted by molar-refractivity contribution is -0.384. The normalized spacial score (nSPS) is 11.8. The summed E-state index contributed by atoms with van der Waals surface area (Å²) in [6, 6.07) is 3.02. The number of amides is 1. The lowest BCUT2D eigenvalue weighted by atomic mass is 10.0. The van der Waals surface area contributed by atoms with Gasteiger partial charge < -0.3 is 15.8 Å². The van der Waals surface area contributed by atoms with E-state index in [1.54, 1.807) is 13.8 Å². The van der Waals surface area contributed by atoms with Crippen LogP contribution >= 0.6 is 0 Å². The molecule has 0 bridgehead atoms. The van der Waals surface area contributed by atoms with E-state index in [0.29, 0.717) is 0 Å². The molecule has 0 aliphatic heterocycles. The number of nitro groups is 1. The number of nitro benzene ring substituents is 1. The predicted octanol–water partition coefficient (Wildman–Crippen LogP) is 1.30. The molecule has 1 aromatic rings. The van der Waals surface area contributed by atoms with Crippen LogP contribution < -0.4 is 11.1 Å². The van der Waals surface area contributed by atoms with Gasteiger partial charge in [-0.25, -0.2) is 4.79 Å². The van der Waals surface area contributed by atoms with E-state index in [-0.39, 0.29) is 22.9 Å². The monoisotopic (exact) mass is 295 g/mol. The number of rotatable bonds is 6. The Morgan fingerprint density at radius 3 is 2.43 bits per heavy atom. The third-order valence-electron chi connectivity index (χ3n) is 2.91. The molecule has 1 rings (SSSR count). The Hall–Kier alpha value is -2.64. The zero-order valence-corrected chi connectivity index (χ0v) is 12.0. The van der Waals surface area contributed by atoms with Crippen LogP contribution in [0.4, 0.5) is 11.4 Å². The summed E-state index contributed by atoms with van der Waals surface area (Å²) in [5, 5.41) is 13.9. The summed E-state index contributed by atoms with van der Waals surface area (Å²) in [4.78, 5) is 33.2. The van der Waals surface area contributed by atoms with Crippen LogP contribution in [0.3, 0.4) is 0 Å². The second kappa shape index (κ2) is 6.69. The van der Waals surface area contributed by atoms with Crippen molar-refractivity contribution in [3.05, 3.63) is 33.9 Å². The number of nitrogens with one attached hydrogen (secondary N) is 1. The molecule has 0 aromatic heterocycles. The van der Waals surface area contributed by atoms with Crippen molar-refractivity contribution in [2.45, 2.75) is 19.9 Å². The number of esters is 1. The van der Waals surface area contributed by atoms with Crippen LogP contribution in [0.25, 0.3) is 0 Å². The Balaban J connectivity index is 3.20. The van der Waals surface area contributed by atoms with Crippen LogP contribution in [0.5, 0.6) is 0 Å². The summed E-state index contributed by atoms with van der Waals surface area (Å²) in [6.45, 7) is 3.55. The summed E-state index contributed by atoms with van der Waals surface area (Å²) >= 11 is 0. The van der Waals surface area contributed by atoms with Crippen molar-refractivity contribution in [1.82, 2.24) is 0 Å². The van der Waals surface area contributed by atoms with E-state index in [1.165, 1.54) is 19.2 Å². The molecule has 3 N–H and O–H groups in total. The Labute approximate surface area is 121 Å². The highest BCUT2D eigenvalue weighted by Gasteiger charge is 2.26. The highest BCUT2D eigenvalue weighted by molar-refractivity contribution is 5.94. The molecule has 1 amide bonds. The van der Waals surface area contributed by atoms with E-state index in [2.05, 4.69) is 10.1 Å². The minimum absolute atomic E-state index is 0.0198. The predicted molar refractivity (Wildman–Crippen MR) is 75.9 cm³/mol. The largest absolute Gasteiger partial charge is 0.467 e. The minimum atomic E-state index is -0.766. The molecule has 1 aromatic carbocycles.